The van der Waals surface area contributed by atoms with Crippen LogP contribution in [-0.4, -0.2) is 56.2 Å². The first kappa shape index (κ1) is 20.0. The minimum absolute atomic E-state index is 0.444. The van der Waals surface area contributed by atoms with Gasteiger partial charge in [0.25, 0.3) is 0 Å². The number of imidazole rings is 1. The molecule has 3 N–H and O–H groups in total. The van der Waals surface area contributed by atoms with E-state index in [1.807, 2.05) is 6.07 Å². The number of thioether (sulfide) groups is 1. The summed E-state index contributed by atoms with van der Waals surface area (Å²) >= 11 is 2.12. The predicted octanol–water partition coefficient (Wildman–Crippen LogP) is 2.46. The zero-order valence-electron chi connectivity index (χ0n) is 16.1. The number of alkyl halides is 2. The van der Waals surface area contributed by atoms with Gasteiger partial charge in [-0.15, -0.1) is 0 Å². The first-order valence-electron chi connectivity index (χ1n) is 9.92. The van der Waals surface area contributed by atoms with Gasteiger partial charge in [-0.05, 0) is 43.4 Å². The Labute approximate surface area is 172 Å². The van der Waals surface area contributed by atoms with E-state index in [2.05, 4.69) is 36.6 Å². The monoisotopic (exact) mass is 419 g/mol. The lowest BCUT2D eigenvalue weighted by atomic mass is 9.92. The van der Waals surface area contributed by atoms with Crippen LogP contribution < -0.4 is 10.3 Å². The number of nitrogens with zero attached hydrogens (tertiary/aromatic N) is 4. The first-order valence-corrected chi connectivity index (χ1v) is 11.0. The molecule has 2 atom stereocenters. The van der Waals surface area contributed by atoms with Crippen LogP contribution in [0.4, 0.5) is 14.6 Å². The van der Waals surface area contributed by atoms with Crippen LogP contribution in [0.5, 0.6) is 0 Å². The summed E-state index contributed by atoms with van der Waals surface area (Å²) in [5.41, 5.74) is 0.946. The highest BCUT2D eigenvalue weighted by molar-refractivity contribution is 8.00. The molecule has 0 aliphatic carbocycles. The Hall–Kier alpha value is -2.29. The molecule has 6 nitrogen and oxygen atoms in total. The fourth-order valence-corrected chi connectivity index (χ4v) is 5.43. The molecule has 2 aliphatic rings. The molecule has 154 valence electrons. The summed E-state index contributed by atoms with van der Waals surface area (Å²) in [5, 5.41) is 6.03. The van der Waals surface area contributed by atoms with E-state index in [1.165, 1.54) is 37.5 Å². The fourth-order valence-electron chi connectivity index (χ4n) is 3.96. The second kappa shape index (κ2) is 9.02. The lowest BCUT2D eigenvalue weighted by Gasteiger charge is -2.36. The summed E-state index contributed by atoms with van der Waals surface area (Å²) in [7, 11) is 0. The number of nitrogens with two attached hydrogens (primary N) is 1. The van der Waals surface area contributed by atoms with E-state index in [9.17, 15) is 8.78 Å². The molecule has 0 spiro atoms. The largest absolute Gasteiger partial charge is 0.356 e. The Balaban J connectivity index is 1.47. The van der Waals surface area contributed by atoms with E-state index in [0.717, 1.165) is 41.8 Å². The van der Waals surface area contributed by atoms with Gasteiger partial charge in [0, 0.05) is 30.5 Å². The van der Waals surface area contributed by atoms with Gasteiger partial charge < -0.3 is 9.88 Å². The lowest BCUT2D eigenvalue weighted by molar-refractivity contribution is -0.124. The van der Waals surface area contributed by atoms with Gasteiger partial charge in [0.2, 0.25) is 5.71 Å². The maximum atomic E-state index is 12.5. The van der Waals surface area contributed by atoms with Crippen molar-refractivity contribution < 1.29 is 14.2 Å². The van der Waals surface area contributed by atoms with Crippen LogP contribution in [0.1, 0.15) is 31.5 Å². The molecule has 0 amide bonds. The smallest absolute Gasteiger partial charge is 0.320 e. The standard InChI is InChI=1S/C20H24F2N6S/c21-20(22)14(23)5-6-18-24-10-16(27-18)15-9-19(26-12-25-15)28-7-1-3-13(11-28)17-4-2-8-29-17/h5-6,9-10,12-13,17,20,23H,1-4,7-8,11H2,(H,24,27)/p+1/b6-5-,23-14?. The molecule has 0 radical (unpaired) electrons. The maximum Gasteiger partial charge on any atom is 0.320 e. The number of H-pyrrole nitrogens is 1. The Morgan fingerprint density at radius 1 is 1.28 bits per heavy atom. The van der Waals surface area contributed by atoms with Crippen molar-refractivity contribution >= 4 is 29.4 Å². The van der Waals surface area contributed by atoms with Gasteiger partial charge in [-0.2, -0.15) is 20.5 Å². The van der Waals surface area contributed by atoms with Crippen LogP contribution in [0.3, 0.4) is 0 Å². The van der Waals surface area contributed by atoms with Crippen molar-refractivity contribution in [1.82, 2.24) is 19.9 Å². The van der Waals surface area contributed by atoms with Crippen molar-refractivity contribution in [2.45, 2.75) is 37.4 Å². The minimum Gasteiger partial charge on any atom is -0.356 e. The fraction of sp³-hybridized carbons (Fsp3) is 0.500. The molecule has 2 fully saturated rings. The van der Waals surface area contributed by atoms with Crippen LogP contribution in [-0.2, 0) is 0 Å². The minimum atomic E-state index is -2.68. The summed E-state index contributed by atoms with van der Waals surface area (Å²) in [6.45, 7) is 2.04. The number of halogens is 2. The summed E-state index contributed by atoms with van der Waals surface area (Å²) in [6, 6.07) is 1.96. The van der Waals surface area contributed by atoms with Gasteiger partial charge in [0.05, 0.1) is 17.6 Å². The van der Waals surface area contributed by atoms with E-state index in [-0.39, 0.29) is 0 Å². The number of rotatable bonds is 6. The van der Waals surface area contributed by atoms with E-state index in [0.29, 0.717) is 11.5 Å². The van der Waals surface area contributed by atoms with Crippen molar-refractivity contribution in [3.8, 4) is 11.4 Å². The molecule has 4 rings (SSSR count). The van der Waals surface area contributed by atoms with Gasteiger partial charge in [-0.25, -0.2) is 15.0 Å². The van der Waals surface area contributed by atoms with E-state index in [4.69, 9.17) is 5.41 Å². The Bertz CT molecular complexity index is 877. The lowest BCUT2D eigenvalue weighted by Crippen LogP contribution is -2.42. The number of aromatic amines is 1. The molecule has 0 aromatic carbocycles. The quantitative estimate of drug-likeness (QED) is 0.703. The summed E-state index contributed by atoms with van der Waals surface area (Å²) < 4.78 is 25.0. The van der Waals surface area contributed by atoms with Crippen LogP contribution >= 0.6 is 11.8 Å². The molecule has 0 saturated carbocycles. The van der Waals surface area contributed by atoms with Gasteiger partial charge >= 0.3 is 6.43 Å². The molecule has 0 bridgehead atoms. The van der Waals surface area contributed by atoms with Gasteiger partial charge in [0.15, 0.2) is 0 Å². The third kappa shape index (κ3) is 4.83. The van der Waals surface area contributed by atoms with Gasteiger partial charge in [-0.1, -0.05) is 0 Å². The van der Waals surface area contributed by atoms with Crippen molar-refractivity contribution in [3.05, 3.63) is 30.5 Å². The summed E-state index contributed by atoms with van der Waals surface area (Å²) in [6.07, 6.45) is 8.26. The molecular weight excluding hydrogens is 394 g/mol. The summed E-state index contributed by atoms with van der Waals surface area (Å²) in [4.78, 5) is 18.5. The number of aromatic nitrogens is 4. The molecule has 2 saturated heterocycles. The van der Waals surface area contributed by atoms with Crippen LogP contribution in [0.2, 0.25) is 0 Å². The van der Waals surface area contributed by atoms with E-state index in [1.54, 1.807) is 12.5 Å². The van der Waals surface area contributed by atoms with Crippen LogP contribution in [0, 0.1) is 5.92 Å². The first-order chi connectivity index (χ1) is 14.1. The normalized spacial score (nSPS) is 22.7. The second-order valence-corrected chi connectivity index (χ2v) is 8.82. The second-order valence-electron chi connectivity index (χ2n) is 7.48. The highest BCUT2D eigenvalue weighted by Gasteiger charge is 2.30. The van der Waals surface area contributed by atoms with E-state index < -0.39 is 12.1 Å². The molecule has 2 unspecified atom stereocenters. The average Bonchev–Trinajstić information content (AvgIpc) is 3.44. The highest BCUT2D eigenvalue weighted by atomic mass is 32.2. The van der Waals surface area contributed by atoms with Crippen molar-refractivity contribution in [1.29, 1.82) is 0 Å². The third-order valence-electron chi connectivity index (χ3n) is 5.48. The maximum absolute atomic E-state index is 12.5. The van der Waals surface area contributed by atoms with Gasteiger partial charge in [0.1, 0.15) is 18.0 Å². The Morgan fingerprint density at radius 2 is 2.17 bits per heavy atom. The number of anilines is 1. The van der Waals surface area contributed by atoms with Crippen LogP contribution in [0.15, 0.2) is 24.7 Å². The predicted molar refractivity (Wildman–Crippen MR) is 112 cm³/mol. The van der Waals surface area contributed by atoms with Gasteiger partial charge in [-0.3, -0.25) is 5.41 Å². The van der Waals surface area contributed by atoms with Crippen molar-refractivity contribution in [2.75, 3.05) is 23.7 Å². The van der Waals surface area contributed by atoms with Crippen LogP contribution in [0.25, 0.3) is 17.5 Å². The zero-order chi connectivity index (χ0) is 20.2. The zero-order valence-corrected chi connectivity index (χ0v) is 16.9. The molecular formula is C20H25F2N6S+. The van der Waals surface area contributed by atoms with Crippen molar-refractivity contribution in [3.63, 3.8) is 0 Å². The topological polar surface area (TPSA) is 83.3 Å². The molecule has 29 heavy (non-hydrogen) atoms. The number of nitrogens with one attached hydrogen (secondary N) is 1. The molecule has 2 aromatic heterocycles. The average molecular weight is 420 g/mol. The third-order valence-corrected chi connectivity index (χ3v) is 7.06. The Morgan fingerprint density at radius 3 is 2.97 bits per heavy atom. The van der Waals surface area contributed by atoms with E-state index >= 15 is 0 Å². The highest BCUT2D eigenvalue weighted by Crippen LogP contribution is 2.37. The number of allylic oxidation sites excluding steroid dienone is 1. The summed E-state index contributed by atoms with van der Waals surface area (Å²) in [5.74, 6) is 3.37. The Kier molecular flexibility index (Phi) is 6.22. The molecule has 4 heterocycles. The number of hydrogen-bond acceptors (Lipinski definition) is 5. The van der Waals surface area contributed by atoms with Crippen molar-refractivity contribution in [2.24, 2.45) is 5.92 Å². The molecule has 2 aliphatic heterocycles. The molecule has 9 heteroatoms. The molecule has 2 aromatic rings. The number of hydrogen-bond donors (Lipinski definition) is 2. The number of piperidine rings is 1. The SMILES string of the molecule is [NH2+]=C(/C=C\c1ncc(-c2cc(N3CCCC(C4CCCS4)C3)ncn2)[nH]1)C(F)F.